The Hall–Kier alpha value is -2.12. The first kappa shape index (κ1) is 12.9. The topological polar surface area (TPSA) is 129 Å². The number of nitro groups is 1. The third-order valence-corrected chi connectivity index (χ3v) is 2.44. The lowest BCUT2D eigenvalue weighted by Gasteiger charge is -2.14. The van der Waals surface area contributed by atoms with Crippen molar-refractivity contribution >= 4 is 5.78 Å². The van der Waals surface area contributed by atoms with E-state index in [-0.39, 0.29) is 18.5 Å². The number of rotatable bonds is 5. The molecule has 8 nitrogen and oxygen atoms in total. The summed E-state index contributed by atoms with van der Waals surface area (Å²) >= 11 is 0. The van der Waals surface area contributed by atoms with Gasteiger partial charge in [0.1, 0.15) is 5.69 Å². The summed E-state index contributed by atoms with van der Waals surface area (Å²) in [6, 6.07) is 0. The Morgan fingerprint density at radius 2 is 2.06 bits per heavy atom. The molecule has 0 saturated carbocycles. The van der Waals surface area contributed by atoms with Crippen LogP contribution in [0.3, 0.4) is 0 Å². The Balaban J connectivity index is 2.72. The van der Waals surface area contributed by atoms with Gasteiger partial charge in [0.25, 0.3) is 0 Å². The Kier molecular flexibility index (Phi) is 3.35. The fourth-order valence-electron chi connectivity index (χ4n) is 1.21. The van der Waals surface area contributed by atoms with Crippen molar-refractivity contribution in [2.24, 2.45) is 0 Å². The van der Waals surface area contributed by atoms with E-state index in [0.29, 0.717) is 0 Å². The van der Waals surface area contributed by atoms with Gasteiger partial charge in [0, 0.05) is 31.6 Å². The van der Waals surface area contributed by atoms with Gasteiger partial charge in [-0.15, -0.1) is 0 Å². The summed E-state index contributed by atoms with van der Waals surface area (Å²) in [5.41, 5.74) is -2.16. The van der Waals surface area contributed by atoms with E-state index >= 15 is 0 Å². The quantitative estimate of drug-likeness (QED) is 0.392. The van der Waals surface area contributed by atoms with Crippen molar-refractivity contribution in [2.45, 2.75) is 32.2 Å². The molecule has 0 amide bonds. The van der Waals surface area contributed by atoms with Gasteiger partial charge in [0.05, 0.1) is 0 Å². The molecule has 0 atom stereocenters. The molecule has 0 spiro atoms. The zero-order chi connectivity index (χ0) is 13.2. The zero-order valence-corrected chi connectivity index (χ0v) is 9.44. The number of carbonyl (C=O) groups excluding carboxylic acids is 1. The molecule has 0 unspecified atom stereocenters. The monoisotopic (exact) mass is 243 g/mol. The van der Waals surface area contributed by atoms with Crippen LogP contribution in [0.5, 0.6) is 5.88 Å². The van der Waals surface area contributed by atoms with Crippen LogP contribution < -0.4 is 5.69 Å². The van der Waals surface area contributed by atoms with E-state index in [2.05, 4.69) is 4.98 Å². The van der Waals surface area contributed by atoms with E-state index in [9.17, 15) is 24.8 Å². The van der Waals surface area contributed by atoms with Crippen molar-refractivity contribution in [3.63, 3.8) is 0 Å². The van der Waals surface area contributed by atoms with Crippen LogP contribution in [-0.4, -0.2) is 31.3 Å². The number of H-pyrrole nitrogens is 2. The maximum atomic E-state index is 11.6. The first-order chi connectivity index (χ1) is 7.74. The third-order valence-electron chi connectivity index (χ3n) is 2.44. The van der Waals surface area contributed by atoms with Gasteiger partial charge in [-0.1, -0.05) is 0 Å². The van der Waals surface area contributed by atoms with Gasteiger partial charge in [0.15, 0.2) is 5.78 Å². The van der Waals surface area contributed by atoms with Crippen LogP contribution in [0.25, 0.3) is 0 Å². The summed E-state index contributed by atoms with van der Waals surface area (Å²) in [5.74, 6) is -1.09. The number of aromatic amines is 2. The van der Waals surface area contributed by atoms with Crippen molar-refractivity contribution in [3.05, 3.63) is 26.3 Å². The van der Waals surface area contributed by atoms with E-state index < -0.39 is 27.8 Å². The lowest BCUT2D eigenvalue weighted by atomic mass is 9.97. The molecule has 3 N–H and O–H groups in total. The van der Waals surface area contributed by atoms with Crippen molar-refractivity contribution in [2.75, 3.05) is 0 Å². The lowest BCUT2D eigenvalue weighted by molar-refractivity contribution is -0.561. The highest BCUT2D eigenvalue weighted by molar-refractivity contribution is 5.96. The van der Waals surface area contributed by atoms with Gasteiger partial charge < -0.3 is 5.11 Å². The fourth-order valence-corrected chi connectivity index (χ4v) is 1.21. The predicted octanol–water partition coefficient (Wildman–Crippen LogP) is 0.427. The van der Waals surface area contributed by atoms with Crippen LogP contribution in [-0.2, 0) is 0 Å². The van der Waals surface area contributed by atoms with Crippen LogP contribution in [0.2, 0.25) is 0 Å². The normalized spacial score (nSPS) is 11.4. The number of imidazole rings is 1. The van der Waals surface area contributed by atoms with E-state index in [1.807, 2.05) is 4.98 Å². The maximum Gasteiger partial charge on any atom is 0.326 e. The smallest absolute Gasteiger partial charge is 0.326 e. The van der Waals surface area contributed by atoms with E-state index in [4.69, 9.17) is 0 Å². The standard InChI is InChI=1S/C9H13N3O5/c1-9(2,12(16)17)4-3-5(13)6-7(14)11-8(15)10-6/h14H,3-4H2,1-2H3,(H2,10,11,15). The Labute approximate surface area is 95.8 Å². The predicted molar refractivity (Wildman–Crippen MR) is 57.7 cm³/mol. The molecule has 0 bridgehead atoms. The SMILES string of the molecule is CC(C)(CCC(=O)c1[nH]c(=O)[nH]c1O)[N+](=O)[O-]. The number of Topliss-reactive ketones (excluding diaryl/α,β-unsaturated/α-hetero) is 1. The number of aromatic nitrogens is 2. The minimum Gasteiger partial charge on any atom is -0.493 e. The van der Waals surface area contributed by atoms with Crippen LogP contribution in [0.4, 0.5) is 0 Å². The van der Waals surface area contributed by atoms with Gasteiger partial charge in [-0.25, -0.2) is 4.79 Å². The molecule has 94 valence electrons. The molecule has 8 heteroatoms. The molecular formula is C9H13N3O5. The average molecular weight is 243 g/mol. The Bertz CT molecular complexity index is 499. The van der Waals surface area contributed by atoms with Crippen LogP contribution in [0.15, 0.2) is 4.79 Å². The van der Waals surface area contributed by atoms with Gasteiger partial charge >= 0.3 is 5.69 Å². The number of nitrogens with zero attached hydrogens (tertiary/aromatic N) is 1. The highest BCUT2D eigenvalue weighted by Gasteiger charge is 2.31. The molecule has 0 aromatic carbocycles. The Morgan fingerprint density at radius 1 is 1.47 bits per heavy atom. The van der Waals surface area contributed by atoms with Gasteiger partial charge in [-0.3, -0.25) is 24.9 Å². The van der Waals surface area contributed by atoms with Gasteiger partial charge in [-0.05, 0) is 0 Å². The molecule has 1 aromatic heterocycles. The molecule has 0 aliphatic carbocycles. The number of carbonyl (C=O) groups is 1. The highest BCUT2D eigenvalue weighted by atomic mass is 16.6. The largest absolute Gasteiger partial charge is 0.493 e. The second-order valence-corrected chi connectivity index (χ2v) is 4.30. The number of ketones is 1. The molecule has 0 fully saturated rings. The fraction of sp³-hybridized carbons (Fsp3) is 0.556. The molecule has 1 aromatic rings. The first-order valence-electron chi connectivity index (χ1n) is 4.93. The molecular weight excluding hydrogens is 230 g/mol. The van der Waals surface area contributed by atoms with E-state index in [0.717, 1.165) is 0 Å². The lowest BCUT2D eigenvalue weighted by Crippen LogP contribution is -2.31. The van der Waals surface area contributed by atoms with Crippen LogP contribution in [0, 0.1) is 10.1 Å². The van der Waals surface area contributed by atoms with E-state index in [1.165, 1.54) is 13.8 Å². The minimum atomic E-state index is -1.22. The van der Waals surface area contributed by atoms with Crippen molar-refractivity contribution in [1.82, 2.24) is 9.97 Å². The average Bonchev–Trinajstić information content (AvgIpc) is 2.54. The summed E-state index contributed by atoms with van der Waals surface area (Å²) < 4.78 is 0. The molecule has 0 aliphatic heterocycles. The van der Waals surface area contributed by atoms with Gasteiger partial charge in [0.2, 0.25) is 11.4 Å². The summed E-state index contributed by atoms with van der Waals surface area (Å²) in [6.45, 7) is 2.81. The highest BCUT2D eigenvalue weighted by Crippen LogP contribution is 2.18. The van der Waals surface area contributed by atoms with Crippen molar-refractivity contribution < 1.29 is 14.8 Å². The summed E-state index contributed by atoms with van der Waals surface area (Å²) in [6.07, 6.45) is -0.110. The number of hydrogen-bond donors (Lipinski definition) is 3. The van der Waals surface area contributed by atoms with E-state index in [1.54, 1.807) is 0 Å². The molecule has 0 radical (unpaired) electrons. The number of aromatic hydroxyl groups is 1. The molecule has 0 aliphatic rings. The summed E-state index contributed by atoms with van der Waals surface area (Å²) in [4.78, 5) is 36.6. The molecule has 17 heavy (non-hydrogen) atoms. The van der Waals surface area contributed by atoms with Crippen LogP contribution in [0.1, 0.15) is 37.2 Å². The van der Waals surface area contributed by atoms with Crippen molar-refractivity contribution in [3.8, 4) is 5.88 Å². The summed E-state index contributed by atoms with van der Waals surface area (Å²) in [5, 5.41) is 19.8. The number of hydrogen-bond acceptors (Lipinski definition) is 5. The molecule has 1 heterocycles. The second kappa shape index (κ2) is 4.40. The van der Waals surface area contributed by atoms with Crippen LogP contribution >= 0.6 is 0 Å². The molecule has 1 rings (SSSR count). The first-order valence-corrected chi connectivity index (χ1v) is 4.93. The minimum absolute atomic E-state index is 0.0193. The third kappa shape index (κ3) is 2.92. The second-order valence-electron chi connectivity index (χ2n) is 4.30. The van der Waals surface area contributed by atoms with Gasteiger partial charge in [-0.2, -0.15) is 0 Å². The Morgan fingerprint density at radius 3 is 2.47 bits per heavy atom. The summed E-state index contributed by atoms with van der Waals surface area (Å²) in [7, 11) is 0. The zero-order valence-electron chi connectivity index (χ0n) is 9.44. The number of nitrogens with one attached hydrogen (secondary N) is 2. The van der Waals surface area contributed by atoms with Crippen molar-refractivity contribution in [1.29, 1.82) is 0 Å². The molecule has 0 saturated heterocycles. The maximum absolute atomic E-state index is 11.6.